The number of anilines is 2. The van der Waals surface area contributed by atoms with Gasteiger partial charge in [0.2, 0.25) is 11.8 Å². The van der Waals surface area contributed by atoms with E-state index in [1.807, 2.05) is 50.2 Å². The summed E-state index contributed by atoms with van der Waals surface area (Å²) in [5.41, 5.74) is 4.62. The maximum absolute atomic E-state index is 13.5. The van der Waals surface area contributed by atoms with E-state index in [2.05, 4.69) is 17.4 Å². The number of hydrogen-bond donors (Lipinski definition) is 1. The van der Waals surface area contributed by atoms with E-state index >= 15 is 0 Å². The number of hydrogen-bond acceptors (Lipinski definition) is 5. The van der Waals surface area contributed by atoms with Gasteiger partial charge in [0.15, 0.2) is 6.61 Å². The number of nitrogens with zero attached hydrogens (tertiary/aromatic N) is 1. The highest BCUT2D eigenvalue weighted by Crippen LogP contribution is 2.61. The van der Waals surface area contributed by atoms with Crippen LogP contribution in [0.25, 0.3) is 0 Å². The van der Waals surface area contributed by atoms with Gasteiger partial charge in [-0.1, -0.05) is 36.4 Å². The lowest BCUT2D eigenvalue weighted by atomic mass is 9.73. The predicted molar refractivity (Wildman–Crippen MR) is 146 cm³/mol. The number of ether oxygens (including phenoxy) is 1. The molecule has 3 fully saturated rings. The van der Waals surface area contributed by atoms with Crippen molar-refractivity contribution in [3.05, 3.63) is 95.1 Å². The molecule has 0 radical (unpaired) electrons. The Morgan fingerprint density at radius 3 is 2.23 bits per heavy atom. The Labute approximate surface area is 227 Å². The second-order valence-corrected chi connectivity index (χ2v) is 11.0. The third-order valence-electron chi connectivity index (χ3n) is 8.44. The zero-order valence-corrected chi connectivity index (χ0v) is 21.9. The lowest BCUT2D eigenvalue weighted by molar-refractivity contribution is -0.123. The molecule has 3 amide bonds. The molecule has 198 valence electrons. The first-order valence-electron chi connectivity index (χ1n) is 13.4. The van der Waals surface area contributed by atoms with Crippen LogP contribution in [0.15, 0.2) is 72.8 Å². The number of fused-ring (bicyclic) bond motifs is 5. The van der Waals surface area contributed by atoms with Gasteiger partial charge in [0, 0.05) is 5.69 Å². The van der Waals surface area contributed by atoms with E-state index in [1.165, 1.54) is 22.6 Å². The fraction of sp³-hybridized carbons (Fsp3) is 0.312. The van der Waals surface area contributed by atoms with E-state index in [0.717, 1.165) is 24.0 Å². The van der Waals surface area contributed by atoms with Gasteiger partial charge in [0.1, 0.15) is 0 Å². The van der Waals surface area contributed by atoms with E-state index in [-0.39, 0.29) is 41.0 Å². The molecule has 0 spiro atoms. The highest BCUT2D eigenvalue weighted by Gasteiger charge is 2.64. The minimum atomic E-state index is -0.656. The monoisotopic (exact) mass is 522 g/mol. The summed E-state index contributed by atoms with van der Waals surface area (Å²) in [6, 6.07) is 22.2. The molecule has 7 nitrogen and oxygen atoms in total. The SMILES string of the molecule is Cc1cc(C)cc(NC(=O)COC(=O)c2ccc(N3C(=O)[C@@H]4[C@@H]5C[C@@H]([C@@H]4C3=O)[C@@H](c3ccccc3)C5)cc2)c1. The average molecular weight is 523 g/mol. The maximum Gasteiger partial charge on any atom is 0.338 e. The smallest absolute Gasteiger partial charge is 0.338 e. The summed E-state index contributed by atoms with van der Waals surface area (Å²) in [5, 5.41) is 2.73. The molecular weight excluding hydrogens is 492 g/mol. The first kappa shape index (κ1) is 25.0. The normalized spacial score (nSPS) is 25.1. The second-order valence-electron chi connectivity index (χ2n) is 11.0. The third-order valence-corrected chi connectivity index (χ3v) is 8.44. The predicted octanol–water partition coefficient (Wildman–Crippen LogP) is 5.03. The third kappa shape index (κ3) is 4.52. The number of benzene rings is 3. The van der Waals surface area contributed by atoms with Gasteiger partial charge in [-0.2, -0.15) is 0 Å². The molecule has 7 heteroatoms. The van der Waals surface area contributed by atoms with Gasteiger partial charge in [0.25, 0.3) is 5.91 Å². The summed E-state index contributed by atoms with van der Waals surface area (Å²) in [5.74, 6) is -1.23. The van der Waals surface area contributed by atoms with Gasteiger partial charge in [0.05, 0.1) is 23.1 Å². The number of carbonyl (C=O) groups is 4. The molecule has 1 N–H and O–H groups in total. The number of rotatable bonds is 6. The second kappa shape index (κ2) is 9.80. The molecule has 0 aromatic heterocycles. The lowest BCUT2D eigenvalue weighted by Gasteiger charge is -2.28. The van der Waals surface area contributed by atoms with Crippen LogP contribution >= 0.6 is 0 Å². The van der Waals surface area contributed by atoms with Crippen LogP contribution in [0.4, 0.5) is 11.4 Å². The molecule has 2 saturated carbocycles. The Morgan fingerprint density at radius 2 is 1.54 bits per heavy atom. The molecule has 1 aliphatic heterocycles. The van der Waals surface area contributed by atoms with Crippen molar-refractivity contribution in [3.63, 3.8) is 0 Å². The first-order valence-corrected chi connectivity index (χ1v) is 13.4. The van der Waals surface area contributed by atoms with Crippen LogP contribution in [-0.4, -0.2) is 30.3 Å². The Hall–Kier alpha value is -4.26. The molecule has 2 aliphatic carbocycles. The molecule has 3 aromatic carbocycles. The summed E-state index contributed by atoms with van der Waals surface area (Å²) < 4.78 is 5.18. The summed E-state index contributed by atoms with van der Waals surface area (Å²) in [7, 11) is 0. The summed E-state index contributed by atoms with van der Waals surface area (Å²) in [6.45, 7) is 3.45. The highest BCUT2D eigenvalue weighted by atomic mass is 16.5. The first-order chi connectivity index (χ1) is 18.8. The Balaban J connectivity index is 1.10. The number of esters is 1. The van der Waals surface area contributed by atoms with Crippen molar-refractivity contribution in [1.82, 2.24) is 0 Å². The van der Waals surface area contributed by atoms with Crippen LogP contribution in [-0.2, 0) is 19.1 Å². The zero-order chi connectivity index (χ0) is 27.3. The van der Waals surface area contributed by atoms with Gasteiger partial charge < -0.3 is 10.1 Å². The molecular formula is C32H30N2O5. The van der Waals surface area contributed by atoms with E-state index in [1.54, 1.807) is 12.1 Å². The average Bonchev–Trinajstić information content (AvgIpc) is 3.58. The van der Waals surface area contributed by atoms with Crippen LogP contribution in [0.5, 0.6) is 0 Å². The maximum atomic E-state index is 13.5. The van der Waals surface area contributed by atoms with Gasteiger partial charge >= 0.3 is 5.97 Å². The zero-order valence-electron chi connectivity index (χ0n) is 21.9. The Morgan fingerprint density at radius 1 is 0.872 bits per heavy atom. The van der Waals surface area contributed by atoms with E-state index in [0.29, 0.717) is 17.3 Å². The van der Waals surface area contributed by atoms with E-state index < -0.39 is 18.5 Å². The van der Waals surface area contributed by atoms with Crippen LogP contribution in [0.3, 0.4) is 0 Å². The van der Waals surface area contributed by atoms with Crippen LogP contribution in [0, 0.1) is 37.5 Å². The quantitative estimate of drug-likeness (QED) is 0.362. The molecule has 1 saturated heterocycles. The molecule has 39 heavy (non-hydrogen) atoms. The summed E-state index contributed by atoms with van der Waals surface area (Å²) >= 11 is 0. The fourth-order valence-corrected chi connectivity index (χ4v) is 7.00. The van der Waals surface area contributed by atoms with Crippen molar-refractivity contribution in [2.45, 2.75) is 32.6 Å². The van der Waals surface area contributed by atoms with Crippen molar-refractivity contribution in [2.24, 2.45) is 23.7 Å². The summed E-state index contributed by atoms with van der Waals surface area (Å²) in [6.07, 6.45) is 1.85. The number of nitrogens with one attached hydrogen (secondary N) is 1. The van der Waals surface area contributed by atoms with Gasteiger partial charge in [-0.3, -0.25) is 19.3 Å². The molecule has 5 atom stereocenters. The molecule has 3 aromatic rings. The van der Waals surface area contributed by atoms with Gasteiger partial charge in [-0.05, 0) is 97.5 Å². The fourth-order valence-electron chi connectivity index (χ4n) is 7.00. The Bertz CT molecular complexity index is 1450. The van der Waals surface area contributed by atoms with Crippen LogP contribution in [0.2, 0.25) is 0 Å². The van der Waals surface area contributed by atoms with E-state index in [4.69, 9.17) is 4.74 Å². The largest absolute Gasteiger partial charge is 0.452 e. The Kier molecular flexibility index (Phi) is 6.29. The van der Waals surface area contributed by atoms with E-state index in [9.17, 15) is 19.2 Å². The topological polar surface area (TPSA) is 92.8 Å². The summed E-state index contributed by atoms with van der Waals surface area (Å²) in [4.78, 5) is 53.0. The number of imide groups is 1. The molecule has 1 heterocycles. The molecule has 6 rings (SSSR count). The van der Waals surface area contributed by atoms with Crippen LogP contribution < -0.4 is 10.2 Å². The number of aryl methyl sites for hydroxylation is 2. The lowest BCUT2D eigenvalue weighted by Crippen LogP contribution is -2.33. The molecule has 3 aliphatic rings. The standard InChI is InChI=1S/C32H30N2O5/c1-18-12-19(2)14-23(13-18)33-27(35)17-39-32(38)21-8-10-24(11-9-21)34-30(36)28-22-15-25(20-6-4-3-5-7-20)26(16-22)29(28)31(34)37/h3-14,22,25-26,28-29H,15-17H2,1-2H3,(H,33,35)/t22-,25+,26+,28+,29-/m0/s1. The van der Waals surface area contributed by atoms with Crippen LogP contribution in [0.1, 0.15) is 45.8 Å². The van der Waals surface area contributed by atoms with Crippen molar-refractivity contribution in [3.8, 4) is 0 Å². The number of amides is 3. The van der Waals surface area contributed by atoms with Crippen molar-refractivity contribution < 1.29 is 23.9 Å². The van der Waals surface area contributed by atoms with Gasteiger partial charge in [-0.25, -0.2) is 4.79 Å². The number of carbonyl (C=O) groups excluding carboxylic acids is 4. The molecule has 0 unspecified atom stereocenters. The highest BCUT2D eigenvalue weighted by molar-refractivity contribution is 6.22. The van der Waals surface area contributed by atoms with Crippen molar-refractivity contribution in [1.29, 1.82) is 0 Å². The minimum absolute atomic E-state index is 0.137. The molecule has 2 bridgehead atoms. The van der Waals surface area contributed by atoms with Crippen molar-refractivity contribution in [2.75, 3.05) is 16.8 Å². The van der Waals surface area contributed by atoms with Gasteiger partial charge in [-0.15, -0.1) is 0 Å². The van der Waals surface area contributed by atoms with Crippen molar-refractivity contribution >= 4 is 35.1 Å². The minimum Gasteiger partial charge on any atom is -0.452 e.